The number of carbonyl (C=O) groups is 6. The van der Waals surface area contributed by atoms with Gasteiger partial charge in [-0.2, -0.15) is 5.48 Å². The Morgan fingerprint density at radius 3 is 0.821 bits per heavy atom. The molecule has 0 aromatic rings. The van der Waals surface area contributed by atoms with E-state index in [2.05, 4.69) is 51.9 Å². The van der Waals surface area contributed by atoms with Crippen molar-refractivity contribution in [3.05, 3.63) is 0 Å². The molecule has 14 heteroatoms. The molecule has 3 atom stereocenters. The van der Waals surface area contributed by atoms with Crippen molar-refractivity contribution in [3.8, 4) is 0 Å². The topological polar surface area (TPSA) is 173 Å². The summed E-state index contributed by atoms with van der Waals surface area (Å²) in [6.45, 7) is 21.4. The number of esters is 5. The molecule has 0 fully saturated rings. The first-order valence-electron chi connectivity index (χ1n) is 49.4. The predicted molar refractivity (Wildman–Crippen MR) is 472 cm³/mol. The Morgan fingerprint density at radius 1 is 0.241 bits per heavy atom. The zero-order chi connectivity index (χ0) is 81.7. The summed E-state index contributed by atoms with van der Waals surface area (Å²) in [4.78, 5) is 85.4. The molecule has 0 spiro atoms. The molecule has 0 heterocycles. The molecule has 14 nitrogen and oxygen atoms in total. The zero-order valence-electron chi connectivity index (χ0n) is 75.6. The summed E-state index contributed by atoms with van der Waals surface area (Å²) < 4.78 is 29.6. The van der Waals surface area contributed by atoms with Crippen molar-refractivity contribution in [2.45, 2.75) is 555 Å². The normalized spacial score (nSPS) is 12.5. The Bertz CT molecular complexity index is 1870. The summed E-state index contributed by atoms with van der Waals surface area (Å²) in [5.41, 5.74) is 2.88. The van der Waals surface area contributed by atoms with Crippen LogP contribution in [0.4, 0.5) is 0 Å². The summed E-state index contributed by atoms with van der Waals surface area (Å²) >= 11 is 0. The van der Waals surface area contributed by atoms with Crippen molar-refractivity contribution < 1.29 is 57.3 Å². The minimum absolute atomic E-state index is 0.00610. The largest absolute Gasteiger partial charge is 0.466 e. The molecule has 0 amide bonds. The third-order valence-corrected chi connectivity index (χ3v) is 23.3. The van der Waals surface area contributed by atoms with E-state index in [-0.39, 0.29) is 48.0 Å². The second-order valence-corrected chi connectivity index (χ2v) is 34.4. The Labute approximate surface area is 693 Å². The standard InChI is InChI=1S/C98H188N2O12/c1-9-15-21-27-33-51-69-87-107-93(101)77-58-46-36-49-66-84-100(85-67-50-37-47-60-79-97(105)111-92(75-56-42-30-24-18-12-4)76-57-43-31-25-19-13-5)86-68-64-81-95(103)109-89(8)88(7)108-94(102)80-63-62-72-90(71-53-39-35-45-61-82-98(106)112-99-83-65-48-32-26-20-14-6)70-52-38-34-44-59-78-96(104)110-91(73-54-40-28-22-16-10-2)74-55-41-29-23-17-11-3/h88-92,99H,9-87H2,1-8H3/t88-,89?,90?/m0/s1. The van der Waals surface area contributed by atoms with E-state index in [0.29, 0.717) is 51.0 Å². The first-order chi connectivity index (χ1) is 54.8. The molecule has 0 aliphatic carbocycles. The number of hydrogen-bond acceptors (Lipinski definition) is 14. The van der Waals surface area contributed by atoms with Gasteiger partial charge in [-0.15, -0.1) is 0 Å². The summed E-state index contributed by atoms with van der Waals surface area (Å²) in [6, 6.07) is 0. The molecular formula is C98H188N2O12. The minimum atomic E-state index is -0.545. The first kappa shape index (κ1) is 109. The van der Waals surface area contributed by atoms with Crippen molar-refractivity contribution in [1.82, 2.24) is 10.4 Å². The molecule has 0 aliphatic rings. The van der Waals surface area contributed by atoms with Crippen LogP contribution in [0.1, 0.15) is 531 Å². The Balaban J connectivity index is 5.32. The van der Waals surface area contributed by atoms with Crippen LogP contribution in [0.15, 0.2) is 0 Å². The van der Waals surface area contributed by atoms with Gasteiger partial charge in [0.1, 0.15) is 24.4 Å². The molecule has 2 unspecified atom stereocenters. The highest BCUT2D eigenvalue weighted by atomic mass is 16.7. The maximum atomic E-state index is 13.3. The third-order valence-electron chi connectivity index (χ3n) is 23.3. The van der Waals surface area contributed by atoms with E-state index in [1.54, 1.807) is 0 Å². The second-order valence-electron chi connectivity index (χ2n) is 34.4. The van der Waals surface area contributed by atoms with Crippen LogP contribution in [0.2, 0.25) is 0 Å². The van der Waals surface area contributed by atoms with Crippen molar-refractivity contribution in [2.75, 3.05) is 32.8 Å². The van der Waals surface area contributed by atoms with Crippen LogP contribution in [0, 0.1) is 5.92 Å². The second kappa shape index (κ2) is 87.1. The first-order valence-corrected chi connectivity index (χ1v) is 49.4. The van der Waals surface area contributed by atoms with Crippen molar-refractivity contribution in [1.29, 1.82) is 0 Å². The molecule has 662 valence electrons. The molecule has 0 saturated carbocycles. The van der Waals surface area contributed by atoms with Gasteiger partial charge in [0.05, 0.1) is 6.61 Å². The highest BCUT2D eigenvalue weighted by molar-refractivity contribution is 5.71. The fourth-order valence-electron chi connectivity index (χ4n) is 15.6. The van der Waals surface area contributed by atoms with Gasteiger partial charge in [-0.05, 0) is 161 Å². The maximum absolute atomic E-state index is 13.3. The average Bonchev–Trinajstić information content (AvgIpc) is 0.911. The number of carbonyl (C=O) groups excluding carboxylic acids is 6. The van der Waals surface area contributed by atoms with Gasteiger partial charge in [0.2, 0.25) is 0 Å². The lowest BCUT2D eigenvalue weighted by Gasteiger charge is -2.23. The molecule has 112 heavy (non-hydrogen) atoms. The average molecular weight is 1590 g/mol. The smallest absolute Gasteiger partial charge is 0.324 e. The molecule has 0 saturated heterocycles. The lowest BCUT2D eigenvalue weighted by molar-refractivity contribution is -0.165. The number of hydroxylamine groups is 1. The van der Waals surface area contributed by atoms with Crippen LogP contribution in [-0.2, 0) is 57.3 Å². The van der Waals surface area contributed by atoms with Gasteiger partial charge in [-0.1, -0.05) is 356 Å². The van der Waals surface area contributed by atoms with Gasteiger partial charge in [0.25, 0.3) is 0 Å². The Hall–Kier alpha value is -3.26. The van der Waals surface area contributed by atoms with Crippen LogP contribution < -0.4 is 5.48 Å². The molecule has 0 radical (unpaired) electrons. The van der Waals surface area contributed by atoms with E-state index in [9.17, 15) is 28.8 Å². The summed E-state index contributed by atoms with van der Waals surface area (Å²) in [7, 11) is 0. The van der Waals surface area contributed by atoms with E-state index in [1.807, 2.05) is 13.8 Å². The lowest BCUT2D eigenvalue weighted by atomic mass is 9.89. The Kier molecular flexibility index (Phi) is 84.5. The van der Waals surface area contributed by atoms with E-state index >= 15 is 0 Å². The number of nitrogens with one attached hydrogen (secondary N) is 1. The number of ether oxygens (including phenoxy) is 5. The molecule has 0 rings (SSSR count). The van der Waals surface area contributed by atoms with Gasteiger partial charge < -0.3 is 33.4 Å². The minimum Gasteiger partial charge on any atom is -0.466 e. The fourth-order valence-corrected chi connectivity index (χ4v) is 15.6. The Morgan fingerprint density at radius 2 is 0.473 bits per heavy atom. The number of nitrogens with zero attached hydrogens (tertiary/aromatic N) is 1. The molecule has 0 aromatic heterocycles. The quantitative estimate of drug-likeness (QED) is 0.0264. The lowest BCUT2D eigenvalue weighted by Crippen LogP contribution is -2.31. The van der Waals surface area contributed by atoms with E-state index in [1.165, 1.54) is 212 Å². The third kappa shape index (κ3) is 79.2. The van der Waals surface area contributed by atoms with Crippen LogP contribution >= 0.6 is 0 Å². The molecule has 0 aromatic carbocycles. The number of hydrogen-bond donors (Lipinski definition) is 1. The zero-order valence-corrected chi connectivity index (χ0v) is 75.6. The predicted octanol–water partition coefficient (Wildman–Crippen LogP) is 29.2. The number of rotatable bonds is 91. The fraction of sp³-hybridized carbons (Fsp3) is 0.939. The van der Waals surface area contributed by atoms with Crippen molar-refractivity contribution >= 4 is 35.8 Å². The van der Waals surface area contributed by atoms with Gasteiger partial charge in [0, 0.05) is 45.1 Å². The molecule has 0 bridgehead atoms. The molecular weight excluding hydrogens is 1400 g/mol. The number of unbranched alkanes of at least 4 members (excludes halogenated alkanes) is 49. The van der Waals surface area contributed by atoms with E-state index < -0.39 is 12.2 Å². The van der Waals surface area contributed by atoms with Crippen LogP contribution in [0.5, 0.6) is 0 Å². The molecule has 1 N–H and O–H groups in total. The van der Waals surface area contributed by atoms with Crippen LogP contribution in [0.25, 0.3) is 0 Å². The van der Waals surface area contributed by atoms with Gasteiger partial charge in [-0.25, -0.2) is 0 Å². The SMILES string of the molecule is CCCCCCCCCOC(=O)CCCCCCCN(CCCCCCCC(=O)OC(CCCCCCCC)CCCCCCCC)CCCCC(=O)OC(C)[C@H](C)OC(=O)CCCCC(CCCCCCCC(=O)ONCCCCCCCC)CCCCCCCC(=O)OC(CCCCCCCC)CCCCCCCC. The van der Waals surface area contributed by atoms with Gasteiger partial charge in [-0.3, -0.25) is 28.8 Å². The molecule has 0 aliphatic heterocycles. The van der Waals surface area contributed by atoms with Crippen molar-refractivity contribution in [2.24, 2.45) is 5.92 Å². The monoisotopic (exact) mass is 1590 g/mol. The van der Waals surface area contributed by atoms with E-state index in [4.69, 9.17) is 28.5 Å². The van der Waals surface area contributed by atoms with Crippen LogP contribution in [-0.4, -0.2) is 97.9 Å². The van der Waals surface area contributed by atoms with Crippen LogP contribution in [0.3, 0.4) is 0 Å². The van der Waals surface area contributed by atoms with Gasteiger partial charge in [0.15, 0.2) is 0 Å². The summed E-state index contributed by atoms with van der Waals surface area (Å²) in [5.74, 6) is -0.135. The highest BCUT2D eigenvalue weighted by Crippen LogP contribution is 2.27. The maximum Gasteiger partial charge on any atom is 0.324 e. The highest BCUT2D eigenvalue weighted by Gasteiger charge is 2.22. The summed E-state index contributed by atoms with van der Waals surface area (Å²) in [5, 5.41) is 0. The van der Waals surface area contributed by atoms with Crippen molar-refractivity contribution in [3.63, 3.8) is 0 Å². The van der Waals surface area contributed by atoms with Gasteiger partial charge >= 0.3 is 35.8 Å². The summed E-state index contributed by atoms with van der Waals surface area (Å²) in [6.07, 6.45) is 79.6. The van der Waals surface area contributed by atoms with E-state index in [0.717, 1.165) is 251 Å².